The first kappa shape index (κ1) is 12.7. The van der Waals surface area contributed by atoms with Crippen molar-refractivity contribution in [1.82, 2.24) is 5.32 Å². The van der Waals surface area contributed by atoms with Crippen LogP contribution in [-0.4, -0.2) is 12.6 Å². The molecule has 1 saturated carbocycles. The molecule has 0 radical (unpaired) electrons. The highest BCUT2D eigenvalue weighted by Crippen LogP contribution is 2.19. The molecule has 2 rings (SSSR count). The zero-order valence-electron chi connectivity index (χ0n) is 10.7. The van der Waals surface area contributed by atoms with Crippen LogP contribution in [0.5, 0.6) is 0 Å². The molecular formula is C14H23NO2. The molecule has 1 heterocycles. The second-order valence-corrected chi connectivity index (χ2v) is 4.84. The number of hydrogen-bond acceptors (Lipinski definition) is 3. The van der Waals surface area contributed by atoms with Crippen LogP contribution in [0, 0.1) is 0 Å². The predicted octanol–water partition coefficient (Wildman–Crippen LogP) is 3.24. The van der Waals surface area contributed by atoms with Crippen LogP contribution in [0.2, 0.25) is 0 Å². The summed E-state index contributed by atoms with van der Waals surface area (Å²) in [5, 5.41) is 3.47. The van der Waals surface area contributed by atoms with Gasteiger partial charge in [-0.1, -0.05) is 19.8 Å². The smallest absolute Gasteiger partial charge is 0.129 e. The van der Waals surface area contributed by atoms with Gasteiger partial charge in [0.05, 0.1) is 6.26 Å². The summed E-state index contributed by atoms with van der Waals surface area (Å²) in [4.78, 5) is 0. The van der Waals surface area contributed by atoms with Crippen LogP contribution in [0.25, 0.3) is 0 Å². The molecule has 0 unspecified atom stereocenters. The van der Waals surface area contributed by atoms with Crippen molar-refractivity contribution >= 4 is 0 Å². The van der Waals surface area contributed by atoms with Crippen LogP contribution >= 0.6 is 0 Å². The van der Waals surface area contributed by atoms with Crippen molar-refractivity contribution in [3.8, 4) is 0 Å². The van der Waals surface area contributed by atoms with E-state index in [1.807, 2.05) is 6.26 Å². The van der Waals surface area contributed by atoms with E-state index in [0.717, 1.165) is 31.4 Å². The van der Waals surface area contributed by atoms with Gasteiger partial charge < -0.3 is 14.5 Å². The molecule has 1 aromatic rings. The number of nitrogens with one attached hydrogen (secondary N) is 1. The largest absolute Gasteiger partial charge is 0.467 e. The van der Waals surface area contributed by atoms with Crippen molar-refractivity contribution in [1.29, 1.82) is 0 Å². The first-order chi connectivity index (χ1) is 8.38. The van der Waals surface area contributed by atoms with E-state index in [2.05, 4.69) is 18.3 Å². The molecule has 1 aliphatic carbocycles. The normalized spacial score (nSPS) is 15.4. The highest BCUT2D eigenvalue weighted by molar-refractivity contribution is 5.12. The minimum atomic E-state index is 0.604. The van der Waals surface area contributed by atoms with E-state index in [1.165, 1.54) is 31.2 Å². The van der Waals surface area contributed by atoms with E-state index < -0.39 is 0 Å². The molecule has 3 nitrogen and oxygen atoms in total. The van der Waals surface area contributed by atoms with Crippen molar-refractivity contribution in [2.45, 2.75) is 58.2 Å². The molecule has 0 amide bonds. The predicted molar refractivity (Wildman–Crippen MR) is 67.8 cm³/mol. The van der Waals surface area contributed by atoms with Gasteiger partial charge in [-0.15, -0.1) is 0 Å². The Morgan fingerprint density at radius 2 is 2.29 bits per heavy atom. The number of furan rings is 1. The summed E-state index contributed by atoms with van der Waals surface area (Å²) in [5.74, 6) is 0.939. The van der Waals surface area contributed by atoms with Gasteiger partial charge in [-0.2, -0.15) is 0 Å². The summed E-state index contributed by atoms with van der Waals surface area (Å²) >= 11 is 0. The number of hydrogen-bond donors (Lipinski definition) is 1. The maximum atomic E-state index is 5.56. The van der Waals surface area contributed by atoms with E-state index in [1.54, 1.807) is 0 Å². The number of rotatable bonds is 9. The van der Waals surface area contributed by atoms with E-state index in [-0.39, 0.29) is 0 Å². The second-order valence-electron chi connectivity index (χ2n) is 4.84. The fraction of sp³-hybridized carbons (Fsp3) is 0.714. The van der Waals surface area contributed by atoms with Crippen molar-refractivity contribution in [3.63, 3.8) is 0 Å². The Morgan fingerprint density at radius 3 is 3.06 bits per heavy atom. The lowest BCUT2D eigenvalue weighted by atomic mass is 10.3. The zero-order chi connectivity index (χ0) is 11.9. The van der Waals surface area contributed by atoms with Crippen LogP contribution in [-0.2, 0) is 17.9 Å². The quantitative estimate of drug-likeness (QED) is 0.669. The van der Waals surface area contributed by atoms with E-state index in [0.29, 0.717) is 6.61 Å². The van der Waals surface area contributed by atoms with Gasteiger partial charge in [0.2, 0.25) is 0 Å². The van der Waals surface area contributed by atoms with Gasteiger partial charge >= 0.3 is 0 Å². The average Bonchev–Trinajstić information content (AvgIpc) is 3.06. The Hall–Kier alpha value is -0.800. The summed E-state index contributed by atoms with van der Waals surface area (Å²) < 4.78 is 11.0. The molecule has 1 fully saturated rings. The third-order valence-electron chi connectivity index (χ3n) is 3.02. The first-order valence-corrected chi connectivity index (χ1v) is 6.76. The molecule has 0 atom stereocenters. The molecule has 3 heteroatoms. The van der Waals surface area contributed by atoms with Crippen molar-refractivity contribution < 1.29 is 9.15 Å². The minimum absolute atomic E-state index is 0.604. The van der Waals surface area contributed by atoms with E-state index >= 15 is 0 Å². The highest BCUT2D eigenvalue weighted by atomic mass is 16.5. The van der Waals surface area contributed by atoms with Crippen LogP contribution < -0.4 is 5.32 Å². The van der Waals surface area contributed by atoms with Gasteiger partial charge in [0.1, 0.15) is 12.4 Å². The van der Waals surface area contributed by atoms with Gasteiger partial charge in [-0.3, -0.25) is 0 Å². The van der Waals surface area contributed by atoms with E-state index in [9.17, 15) is 0 Å². The van der Waals surface area contributed by atoms with Crippen LogP contribution in [0.15, 0.2) is 16.7 Å². The number of unbranched alkanes of at least 4 members (excludes halogenated alkanes) is 2. The molecule has 1 aliphatic rings. The summed E-state index contributed by atoms with van der Waals surface area (Å²) in [6, 6.07) is 2.84. The Labute approximate surface area is 104 Å². The monoisotopic (exact) mass is 237 g/mol. The lowest BCUT2D eigenvalue weighted by Crippen LogP contribution is -2.14. The number of ether oxygens (including phenoxy) is 1. The highest BCUT2D eigenvalue weighted by Gasteiger charge is 2.20. The van der Waals surface area contributed by atoms with Gasteiger partial charge in [0.15, 0.2) is 0 Å². The first-order valence-electron chi connectivity index (χ1n) is 6.76. The summed E-state index contributed by atoms with van der Waals surface area (Å²) in [6.45, 7) is 4.56. The fourth-order valence-corrected chi connectivity index (χ4v) is 1.77. The zero-order valence-corrected chi connectivity index (χ0v) is 10.7. The average molecular weight is 237 g/mol. The third kappa shape index (κ3) is 4.92. The molecule has 0 aliphatic heterocycles. The van der Waals surface area contributed by atoms with E-state index in [4.69, 9.17) is 9.15 Å². The third-order valence-corrected chi connectivity index (χ3v) is 3.02. The molecular weight excluding hydrogens is 214 g/mol. The standard InChI is InChI=1S/C14H23NO2/c1-2-3-4-7-16-11-14-8-12(10-17-14)9-15-13-5-6-13/h8,10,13,15H,2-7,9,11H2,1H3. The molecule has 1 N–H and O–H groups in total. The van der Waals surface area contributed by atoms with Crippen LogP contribution in [0.3, 0.4) is 0 Å². The Kier molecular flexibility index (Phi) is 5.08. The minimum Gasteiger partial charge on any atom is -0.467 e. The molecule has 0 bridgehead atoms. The van der Waals surface area contributed by atoms with Crippen LogP contribution in [0.4, 0.5) is 0 Å². The maximum absolute atomic E-state index is 5.56. The Morgan fingerprint density at radius 1 is 1.41 bits per heavy atom. The summed E-state index contributed by atoms with van der Waals surface area (Å²) in [5.41, 5.74) is 1.23. The van der Waals surface area contributed by atoms with Crippen molar-refractivity contribution in [2.24, 2.45) is 0 Å². The van der Waals surface area contributed by atoms with Gasteiger partial charge in [-0.25, -0.2) is 0 Å². The summed E-state index contributed by atoms with van der Waals surface area (Å²) in [6.07, 6.45) is 8.11. The SMILES string of the molecule is CCCCCOCc1cc(CNC2CC2)co1. The van der Waals surface area contributed by atoms with Gasteiger partial charge in [-0.05, 0) is 25.3 Å². The Bertz CT molecular complexity index is 318. The molecule has 0 saturated heterocycles. The van der Waals surface area contributed by atoms with Crippen molar-refractivity contribution in [3.05, 3.63) is 23.7 Å². The van der Waals surface area contributed by atoms with Gasteiger partial charge in [0, 0.05) is 24.8 Å². The van der Waals surface area contributed by atoms with Gasteiger partial charge in [0.25, 0.3) is 0 Å². The molecule has 0 spiro atoms. The molecule has 0 aromatic carbocycles. The second kappa shape index (κ2) is 6.82. The maximum Gasteiger partial charge on any atom is 0.129 e. The fourth-order valence-electron chi connectivity index (χ4n) is 1.77. The molecule has 17 heavy (non-hydrogen) atoms. The lowest BCUT2D eigenvalue weighted by Gasteiger charge is -2.00. The topological polar surface area (TPSA) is 34.4 Å². The molecule has 96 valence electrons. The Balaban J connectivity index is 1.59. The lowest BCUT2D eigenvalue weighted by molar-refractivity contribution is 0.103. The van der Waals surface area contributed by atoms with Crippen LogP contribution in [0.1, 0.15) is 50.4 Å². The van der Waals surface area contributed by atoms with Crippen molar-refractivity contribution in [2.75, 3.05) is 6.61 Å². The summed E-state index contributed by atoms with van der Waals surface area (Å²) in [7, 11) is 0. The molecule has 1 aromatic heterocycles.